The van der Waals surface area contributed by atoms with E-state index in [-0.39, 0.29) is 18.6 Å². The molecular formula is C27H31NO5. The summed E-state index contributed by atoms with van der Waals surface area (Å²) in [7, 11) is 4.84. The smallest absolute Gasteiger partial charge is 0.261 e. The van der Waals surface area contributed by atoms with Gasteiger partial charge in [0.1, 0.15) is 11.5 Å². The van der Waals surface area contributed by atoms with Crippen molar-refractivity contribution in [2.45, 2.75) is 19.4 Å². The molecule has 3 rings (SSSR count). The van der Waals surface area contributed by atoms with Crippen LogP contribution in [0.1, 0.15) is 24.1 Å². The average molecular weight is 450 g/mol. The maximum atomic E-state index is 13.2. The number of hydrogen-bond donors (Lipinski definition) is 0. The SMILES string of the molecule is COc1ccc(OCC(=O)N(CCc2ccc(OC)c(OC)c2)[C@@H](C)c2ccccc2)cc1. The number of nitrogens with zero attached hydrogens (tertiary/aromatic N) is 1. The van der Waals surface area contributed by atoms with E-state index in [2.05, 4.69) is 0 Å². The Hall–Kier alpha value is -3.67. The van der Waals surface area contributed by atoms with E-state index in [1.165, 1.54) is 0 Å². The predicted octanol–water partition coefficient (Wildman–Crippen LogP) is 4.92. The Morgan fingerprint density at radius 1 is 0.818 bits per heavy atom. The molecule has 6 heteroatoms. The third-order valence-electron chi connectivity index (χ3n) is 5.58. The van der Waals surface area contributed by atoms with Crippen LogP contribution < -0.4 is 18.9 Å². The van der Waals surface area contributed by atoms with Crippen LogP contribution in [0, 0.1) is 0 Å². The fourth-order valence-electron chi connectivity index (χ4n) is 3.63. The molecule has 0 aliphatic heterocycles. The summed E-state index contributed by atoms with van der Waals surface area (Å²) in [6.45, 7) is 2.53. The average Bonchev–Trinajstić information content (AvgIpc) is 2.88. The Kier molecular flexibility index (Phi) is 8.58. The number of carbonyl (C=O) groups excluding carboxylic acids is 1. The minimum atomic E-state index is -0.0988. The molecule has 6 nitrogen and oxygen atoms in total. The van der Waals surface area contributed by atoms with E-state index in [0.29, 0.717) is 30.2 Å². The summed E-state index contributed by atoms with van der Waals surface area (Å²) in [5.74, 6) is 2.63. The van der Waals surface area contributed by atoms with Crippen molar-refractivity contribution in [1.82, 2.24) is 4.90 Å². The molecule has 0 saturated heterocycles. The van der Waals surface area contributed by atoms with Gasteiger partial charge in [-0.2, -0.15) is 0 Å². The maximum absolute atomic E-state index is 13.2. The van der Waals surface area contributed by atoms with Gasteiger partial charge in [-0.3, -0.25) is 4.79 Å². The van der Waals surface area contributed by atoms with Gasteiger partial charge in [0.25, 0.3) is 5.91 Å². The van der Waals surface area contributed by atoms with E-state index in [0.717, 1.165) is 16.9 Å². The Morgan fingerprint density at radius 3 is 2.12 bits per heavy atom. The van der Waals surface area contributed by atoms with E-state index in [1.54, 1.807) is 45.6 Å². The van der Waals surface area contributed by atoms with E-state index in [4.69, 9.17) is 18.9 Å². The molecule has 0 fully saturated rings. The lowest BCUT2D eigenvalue weighted by molar-refractivity contribution is -0.135. The molecule has 0 N–H and O–H groups in total. The molecular weight excluding hydrogens is 418 g/mol. The van der Waals surface area contributed by atoms with Gasteiger partial charge in [0.15, 0.2) is 18.1 Å². The highest BCUT2D eigenvalue weighted by atomic mass is 16.5. The fourth-order valence-corrected chi connectivity index (χ4v) is 3.63. The standard InChI is InChI=1S/C27H31NO5/c1-20(22-8-6-5-7-9-22)28(17-16-21-10-15-25(31-3)26(18-21)32-4)27(29)19-33-24-13-11-23(30-2)12-14-24/h5-15,18,20H,16-17,19H2,1-4H3/t20-/m0/s1. The highest BCUT2D eigenvalue weighted by molar-refractivity contribution is 5.78. The van der Waals surface area contributed by atoms with Crippen molar-refractivity contribution >= 4 is 5.91 Å². The van der Waals surface area contributed by atoms with Gasteiger partial charge in [-0.05, 0) is 60.9 Å². The summed E-state index contributed by atoms with van der Waals surface area (Å²) < 4.78 is 21.7. The van der Waals surface area contributed by atoms with Crippen LogP contribution in [0.15, 0.2) is 72.8 Å². The highest BCUT2D eigenvalue weighted by Gasteiger charge is 2.22. The van der Waals surface area contributed by atoms with Gasteiger partial charge in [0.05, 0.1) is 27.4 Å². The van der Waals surface area contributed by atoms with Gasteiger partial charge in [-0.1, -0.05) is 36.4 Å². The zero-order valence-electron chi connectivity index (χ0n) is 19.6. The van der Waals surface area contributed by atoms with Crippen LogP contribution in [0.5, 0.6) is 23.0 Å². The number of benzene rings is 3. The van der Waals surface area contributed by atoms with Gasteiger partial charge in [0, 0.05) is 6.54 Å². The number of amides is 1. The number of hydrogen-bond acceptors (Lipinski definition) is 5. The molecule has 0 bridgehead atoms. The summed E-state index contributed by atoms with van der Waals surface area (Å²) in [5.41, 5.74) is 2.13. The molecule has 0 heterocycles. The summed E-state index contributed by atoms with van der Waals surface area (Å²) in [5, 5.41) is 0. The Bertz CT molecular complexity index is 1020. The van der Waals surface area contributed by atoms with Gasteiger partial charge < -0.3 is 23.8 Å². The normalized spacial score (nSPS) is 11.4. The second-order valence-corrected chi connectivity index (χ2v) is 7.58. The van der Waals surface area contributed by atoms with Crippen molar-refractivity contribution in [2.24, 2.45) is 0 Å². The van der Waals surface area contributed by atoms with Crippen LogP contribution in [0.3, 0.4) is 0 Å². The summed E-state index contributed by atoms with van der Waals surface area (Å²) in [6, 6.07) is 22.9. The Labute approximate surface area is 195 Å². The molecule has 1 atom stereocenters. The van der Waals surface area contributed by atoms with E-state index >= 15 is 0 Å². The topological polar surface area (TPSA) is 57.2 Å². The third-order valence-corrected chi connectivity index (χ3v) is 5.58. The lowest BCUT2D eigenvalue weighted by Crippen LogP contribution is -2.38. The molecule has 0 saturated carbocycles. The van der Waals surface area contributed by atoms with Gasteiger partial charge in [0.2, 0.25) is 0 Å². The minimum absolute atomic E-state index is 0.0462. The van der Waals surface area contributed by atoms with Crippen molar-refractivity contribution < 1.29 is 23.7 Å². The number of methoxy groups -OCH3 is 3. The number of rotatable bonds is 11. The third kappa shape index (κ3) is 6.42. The second kappa shape index (κ2) is 11.8. The van der Waals surface area contributed by atoms with Gasteiger partial charge >= 0.3 is 0 Å². The zero-order valence-corrected chi connectivity index (χ0v) is 19.6. The first-order valence-electron chi connectivity index (χ1n) is 10.9. The summed E-state index contributed by atoms with van der Waals surface area (Å²) in [4.78, 5) is 15.1. The van der Waals surface area contributed by atoms with Crippen molar-refractivity contribution in [3.05, 3.63) is 83.9 Å². The largest absolute Gasteiger partial charge is 0.497 e. The first-order valence-corrected chi connectivity index (χ1v) is 10.9. The predicted molar refractivity (Wildman–Crippen MR) is 128 cm³/mol. The molecule has 1 amide bonds. The molecule has 0 spiro atoms. The molecule has 3 aromatic carbocycles. The quantitative estimate of drug-likeness (QED) is 0.416. The lowest BCUT2D eigenvalue weighted by Gasteiger charge is -2.30. The maximum Gasteiger partial charge on any atom is 0.261 e. The van der Waals surface area contributed by atoms with Gasteiger partial charge in [-0.25, -0.2) is 0 Å². The van der Waals surface area contributed by atoms with Crippen molar-refractivity contribution in [2.75, 3.05) is 34.5 Å². The molecule has 33 heavy (non-hydrogen) atoms. The Balaban J connectivity index is 1.73. The number of carbonyl (C=O) groups is 1. The zero-order chi connectivity index (χ0) is 23.6. The first kappa shape index (κ1) is 24.0. The van der Waals surface area contributed by atoms with Crippen LogP contribution in [0.25, 0.3) is 0 Å². The molecule has 0 aliphatic carbocycles. The first-order chi connectivity index (χ1) is 16.0. The van der Waals surface area contributed by atoms with E-state index in [9.17, 15) is 4.79 Å². The highest BCUT2D eigenvalue weighted by Crippen LogP contribution is 2.28. The Morgan fingerprint density at radius 2 is 1.48 bits per heavy atom. The van der Waals surface area contributed by atoms with E-state index in [1.807, 2.05) is 60.4 Å². The van der Waals surface area contributed by atoms with Gasteiger partial charge in [-0.15, -0.1) is 0 Å². The van der Waals surface area contributed by atoms with Crippen LogP contribution in [-0.2, 0) is 11.2 Å². The fraction of sp³-hybridized carbons (Fsp3) is 0.296. The monoisotopic (exact) mass is 449 g/mol. The molecule has 3 aromatic rings. The molecule has 174 valence electrons. The lowest BCUT2D eigenvalue weighted by atomic mass is 10.1. The molecule has 0 aliphatic rings. The van der Waals surface area contributed by atoms with Crippen molar-refractivity contribution in [1.29, 1.82) is 0 Å². The van der Waals surface area contributed by atoms with Crippen molar-refractivity contribution in [3.8, 4) is 23.0 Å². The second-order valence-electron chi connectivity index (χ2n) is 7.58. The van der Waals surface area contributed by atoms with Crippen LogP contribution in [0.4, 0.5) is 0 Å². The van der Waals surface area contributed by atoms with E-state index < -0.39 is 0 Å². The van der Waals surface area contributed by atoms with Crippen LogP contribution in [0.2, 0.25) is 0 Å². The molecule has 0 aromatic heterocycles. The number of ether oxygens (including phenoxy) is 4. The van der Waals surface area contributed by atoms with Crippen LogP contribution in [-0.4, -0.2) is 45.3 Å². The summed E-state index contributed by atoms with van der Waals surface area (Å²) >= 11 is 0. The minimum Gasteiger partial charge on any atom is -0.497 e. The molecule has 0 radical (unpaired) electrons. The van der Waals surface area contributed by atoms with Crippen molar-refractivity contribution in [3.63, 3.8) is 0 Å². The molecule has 0 unspecified atom stereocenters. The van der Waals surface area contributed by atoms with Crippen LogP contribution >= 0.6 is 0 Å². The summed E-state index contributed by atoms with van der Waals surface area (Å²) in [6.07, 6.45) is 0.672.